The molecule has 4 atom stereocenters. The molecule has 0 spiro atoms. The minimum absolute atomic E-state index is 0.545. The molecule has 0 saturated heterocycles. The van der Waals surface area contributed by atoms with Crippen LogP contribution in [0.25, 0.3) is 6.08 Å². The van der Waals surface area contributed by atoms with Gasteiger partial charge in [0, 0.05) is 0 Å². The van der Waals surface area contributed by atoms with E-state index in [9.17, 15) is 25.5 Å². The molecule has 0 fully saturated rings. The second-order valence-corrected chi connectivity index (χ2v) is 4.84. The molecule has 6 N–H and O–H groups in total. The van der Waals surface area contributed by atoms with Gasteiger partial charge in [0.15, 0.2) is 0 Å². The van der Waals surface area contributed by atoms with E-state index >= 15 is 0 Å². The minimum atomic E-state index is -1.82. The quantitative estimate of drug-likeness (QED) is 0.380. The summed E-state index contributed by atoms with van der Waals surface area (Å²) < 4.78 is 0. The minimum Gasteiger partial charge on any atom is -0.509 e. The van der Waals surface area contributed by atoms with Gasteiger partial charge >= 0.3 is 0 Å². The molecule has 0 aromatic heterocycles. The van der Waals surface area contributed by atoms with Crippen LogP contribution in [0.4, 0.5) is 0 Å². The Kier molecular flexibility index (Phi) is 6.80. The predicted molar refractivity (Wildman–Crippen MR) is 77.5 cm³/mol. The summed E-state index contributed by atoms with van der Waals surface area (Å²) in [6.45, 7) is 1.24. The summed E-state index contributed by atoms with van der Waals surface area (Å²) in [6, 6.07) is 7.22. The van der Waals surface area contributed by atoms with Gasteiger partial charge in [-0.3, -0.25) is 0 Å². The van der Waals surface area contributed by atoms with Crippen LogP contribution in [-0.4, -0.2) is 61.7 Å². The van der Waals surface area contributed by atoms with E-state index in [1.54, 1.807) is 12.1 Å². The molecule has 0 saturated carbocycles. The van der Waals surface area contributed by atoms with Gasteiger partial charge in [-0.25, -0.2) is 0 Å². The van der Waals surface area contributed by atoms with Crippen LogP contribution in [0.3, 0.4) is 0 Å². The van der Waals surface area contributed by atoms with Gasteiger partial charge in [-0.1, -0.05) is 31.2 Å². The van der Waals surface area contributed by atoms with Crippen molar-refractivity contribution < 1.29 is 30.6 Å². The monoisotopic (exact) mass is 298 g/mol. The highest BCUT2D eigenvalue weighted by atomic mass is 16.4. The lowest BCUT2D eigenvalue weighted by Gasteiger charge is -2.25. The predicted octanol–water partition coefficient (Wildman–Crippen LogP) is -0.416. The number of aryl methyl sites for hydroxylation is 1. The zero-order chi connectivity index (χ0) is 16.0. The number of aliphatic hydroxyl groups excluding tert-OH is 6. The molecule has 6 heteroatoms. The Hall–Kier alpha value is -1.44. The number of rotatable bonds is 7. The van der Waals surface area contributed by atoms with Crippen molar-refractivity contribution in [2.24, 2.45) is 0 Å². The Morgan fingerprint density at radius 2 is 1.62 bits per heavy atom. The first-order valence-electron chi connectivity index (χ1n) is 6.73. The largest absolute Gasteiger partial charge is 0.509 e. The summed E-state index contributed by atoms with van der Waals surface area (Å²) in [5.74, 6) is -0.545. The van der Waals surface area contributed by atoms with E-state index in [1.165, 1.54) is 6.08 Å². The van der Waals surface area contributed by atoms with Gasteiger partial charge < -0.3 is 30.6 Å². The molecule has 4 unspecified atom stereocenters. The van der Waals surface area contributed by atoms with Gasteiger partial charge in [0.2, 0.25) is 0 Å². The highest BCUT2D eigenvalue weighted by Gasteiger charge is 2.32. The summed E-state index contributed by atoms with van der Waals surface area (Å²) in [6.07, 6.45) is -4.84. The molecule has 21 heavy (non-hydrogen) atoms. The summed E-state index contributed by atoms with van der Waals surface area (Å²) in [5.41, 5.74) is 1.74. The summed E-state index contributed by atoms with van der Waals surface area (Å²) in [5, 5.41) is 56.5. The van der Waals surface area contributed by atoms with Crippen molar-refractivity contribution in [2.45, 2.75) is 37.8 Å². The summed E-state index contributed by atoms with van der Waals surface area (Å²) in [7, 11) is 0. The van der Waals surface area contributed by atoms with Crippen molar-refractivity contribution in [3.8, 4) is 0 Å². The molecular weight excluding hydrogens is 276 g/mol. The highest BCUT2D eigenvalue weighted by molar-refractivity contribution is 5.52. The van der Waals surface area contributed by atoms with Crippen LogP contribution >= 0.6 is 0 Å². The van der Waals surface area contributed by atoms with Crippen LogP contribution in [0, 0.1) is 0 Å². The van der Waals surface area contributed by atoms with Crippen molar-refractivity contribution in [2.75, 3.05) is 6.61 Å². The molecule has 6 nitrogen and oxygen atoms in total. The number of aliphatic hydroxyl groups is 6. The van der Waals surface area contributed by atoms with Gasteiger partial charge in [0.25, 0.3) is 0 Å². The normalized spacial score (nSPS) is 18.1. The molecule has 0 aliphatic rings. The third kappa shape index (κ3) is 4.80. The maximum Gasteiger partial charge on any atom is 0.139 e. The van der Waals surface area contributed by atoms with E-state index in [0.29, 0.717) is 5.56 Å². The average Bonchev–Trinajstić information content (AvgIpc) is 2.52. The smallest absolute Gasteiger partial charge is 0.139 e. The lowest BCUT2D eigenvalue weighted by atomic mass is 10.0. The molecular formula is C15H22O6. The van der Waals surface area contributed by atoms with E-state index < -0.39 is 36.8 Å². The van der Waals surface area contributed by atoms with Crippen molar-refractivity contribution in [1.29, 1.82) is 0 Å². The Morgan fingerprint density at radius 1 is 1.05 bits per heavy atom. The van der Waals surface area contributed by atoms with Crippen LogP contribution in [0.2, 0.25) is 0 Å². The molecule has 0 aliphatic heterocycles. The first-order chi connectivity index (χ1) is 9.90. The standard InChI is InChI=1S/C15H22O6/c1-2-9-3-5-10(6-4-9)7-11(17)13(19)15(21)14(20)12(18)8-16/h3-7,12-21H,2,8H2,1H3. The molecule has 0 bridgehead atoms. The summed E-state index contributed by atoms with van der Waals surface area (Å²) >= 11 is 0. The third-order valence-electron chi connectivity index (χ3n) is 3.26. The maximum absolute atomic E-state index is 9.77. The van der Waals surface area contributed by atoms with Crippen molar-refractivity contribution in [3.63, 3.8) is 0 Å². The fourth-order valence-electron chi connectivity index (χ4n) is 1.80. The molecule has 0 heterocycles. The maximum atomic E-state index is 9.77. The second kappa shape index (κ2) is 8.11. The van der Waals surface area contributed by atoms with Gasteiger partial charge in [-0.05, 0) is 23.6 Å². The highest BCUT2D eigenvalue weighted by Crippen LogP contribution is 2.15. The zero-order valence-electron chi connectivity index (χ0n) is 11.8. The lowest BCUT2D eigenvalue weighted by molar-refractivity contribution is -0.112. The molecule has 0 aliphatic carbocycles. The Labute approximate surface area is 123 Å². The fourth-order valence-corrected chi connectivity index (χ4v) is 1.80. The number of hydrogen-bond donors (Lipinski definition) is 6. The molecule has 118 valence electrons. The molecule has 0 amide bonds. The Bertz CT molecular complexity index is 456. The van der Waals surface area contributed by atoms with E-state index in [1.807, 2.05) is 19.1 Å². The van der Waals surface area contributed by atoms with Gasteiger partial charge in [-0.2, -0.15) is 0 Å². The van der Waals surface area contributed by atoms with Gasteiger partial charge in [0.1, 0.15) is 30.2 Å². The lowest BCUT2D eigenvalue weighted by Crippen LogP contribution is -2.46. The second-order valence-electron chi connectivity index (χ2n) is 4.84. The average molecular weight is 298 g/mol. The number of benzene rings is 1. The molecule has 0 radical (unpaired) electrons. The number of hydrogen-bond acceptors (Lipinski definition) is 6. The fraction of sp³-hybridized carbons (Fsp3) is 0.467. The Balaban J connectivity index is 2.80. The van der Waals surface area contributed by atoms with Crippen LogP contribution < -0.4 is 0 Å². The Morgan fingerprint density at radius 3 is 2.10 bits per heavy atom. The van der Waals surface area contributed by atoms with E-state index in [0.717, 1.165) is 12.0 Å². The van der Waals surface area contributed by atoms with Crippen molar-refractivity contribution >= 4 is 6.08 Å². The molecule has 1 rings (SSSR count). The first-order valence-corrected chi connectivity index (χ1v) is 6.73. The van der Waals surface area contributed by atoms with Crippen molar-refractivity contribution in [1.82, 2.24) is 0 Å². The SMILES string of the molecule is CCc1ccc(C=C(O)C(O)C(O)C(O)C(O)CO)cc1. The van der Waals surface area contributed by atoms with E-state index in [-0.39, 0.29) is 0 Å². The van der Waals surface area contributed by atoms with Gasteiger partial charge in [0.05, 0.1) is 6.61 Å². The van der Waals surface area contributed by atoms with Crippen LogP contribution in [-0.2, 0) is 6.42 Å². The van der Waals surface area contributed by atoms with E-state index in [4.69, 9.17) is 5.11 Å². The van der Waals surface area contributed by atoms with Crippen LogP contribution in [0.15, 0.2) is 30.0 Å². The van der Waals surface area contributed by atoms with E-state index in [2.05, 4.69) is 0 Å². The molecule has 1 aromatic carbocycles. The zero-order valence-corrected chi connectivity index (χ0v) is 11.8. The van der Waals surface area contributed by atoms with Crippen molar-refractivity contribution in [3.05, 3.63) is 41.2 Å². The third-order valence-corrected chi connectivity index (χ3v) is 3.26. The van der Waals surface area contributed by atoms with Crippen LogP contribution in [0.5, 0.6) is 0 Å². The van der Waals surface area contributed by atoms with Crippen LogP contribution in [0.1, 0.15) is 18.1 Å². The summed E-state index contributed by atoms with van der Waals surface area (Å²) in [4.78, 5) is 0. The molecule has 1 aromatic rings. The topological polar surface area (TPSA) is 121 Å². The first kappa shape index (κ1) is 17.6. The van der Waals surface area contributed by atoms with Gasteiger partial charge in [-0.15, -0.1) is 0 Å².